The lowest BCUT2D eigenvalue weighted by atomic mass is 10.2. The molecule has 0 unspecified atom stereocenters. The van der Waals surface area contributed by atoms with Crippen LogP contribution in [0, 0.1) is 0 Å². The van der Waals surface area contributed by atoms with E-state index in [0.29, 0.717) is 18.1 Å². The third-order valence-corrected chi connectivity index (χ3v) is 6.09. The molecule has 2 N–H and O–H groups in total. The Labute approximate surface area is 181 Å². The second kappa shape index (κ2) is 9.67. The van der Waals surface area contributed by atoms with E-state index in [1.165, 1.54) is 23.9 Å². The van der Waals surface area contributed by atoms with Gasteiger partial charge in [0.2, 0.25) is 10.0 Å². The predicted molar refractivity (Wildman–Crippen MR) is 117 cm³/mol. The fourth-order valence-corrected chi connectivity index (χ4v) is 3.77. The molecule has 2 aromatic carbocycles. The van der Waals surface area contributed by atoms with Crippen molar-refractivity contribution in [1.29, 1.82) is 0 Å². The van der Waals surface area contributed by atoms with Crippen LogP contribution in [-0.4, -0.2) is 33.0 Å². The average molecular weight is 444 g/mol. The van der Waals surface area contributed by atoms with Crippen LogP contribution in [-0.2, 0) is 30.2 Å². The summed E-state index contributed by atoms with van der Waals surface area (Å²) in [4.78, 5) is 12.6. The summed E-state index contributed by atoms with van der Waals surface area (Å²) in [7, 11) is 0.874. The Morgan fingerprint density at radius 3 is 2.45 bits per heavy atom. The van der Waals surface area contributed by atoms with Crippen LogP contribution < -0.4 is 19.5 Å². The summed E-state index contributed by atoms with van der Waals surface area (Å²) in [6, 6.07) is 16.6. The lowest BCUT2D eigenvalue weighted by molar-refractivity contribution is 0.0942. The molecular formula is C22H25N3O5S. The highest BCUT2D eigenvalue weighted by atomic mass is 32.2. The van der Waals surface area contributed by atoms with Crippen molar-refractivity contribution in [2.75, 3.05) is 14.2 Å². The van der Waals surface area contributed by atoms with Crippen molar-refractivity contribution in [3.05, 3.63) is 77.6 Å². The third-order valence-electron chi connectivity index (χ3n) is 4.71. The van der Waals surface area contributed by atoms with E-state index in [4.69, 9.17) is 9.47 Å². The Hall–Kier alpha value is -3.30. The van der Waals surface area contributed by atoms with Crippen molar-refractivity contribution in [2.24, 2.45) is 7.05 Å². The van der Waals surface area contributed by atoms with E-state index in [1.807, 2.05) is 36.4 Å². The van der Waals surface area contributed by atoms with E-state index in [2.05, 4.69) is 10.0 Å². The smallest absolute Gasteiger partial charge is 0.268 e. The minimum atomic E-state index is -3.62. The second-order valence-corrected chi connectivity index (χ2v) is 8.71. The van der Waals surface area contributed by atoms with Crippen molar-refractivity contribution in [3.63, 3.8) is 0 Å². The Morgan fingerprint density at radius 2 is 1.77 bits per heavy atom. The van der Waals surface area contributed by atoms with Crippen LogP contribution in [0.2, 0.25) is 0 Å². The van der Waals surface area contributed by atoms with Gasteiger partial charge in [-0.05, 0) is 36.4 Å². The number of nitrogens with one attached hydrogen (secondary N) is 2. The minimum Gasteiger partial charge on any atom is -0.493 e. The number of aryl methyl sites for hydroxylation is 1. The van der Waals surface area contributed by atoms with Crippen molar-refractivity contribution in [3.8, 4) is 11.5 Å². The number of hydrogen-bond acceptors (Lipinski definition) is 5. The lowest BCUT2D eigenvalue weighted by Crippen LogP contribution is -2.24. The molecule has 31 heavy (non-hydrogen) atoms. The van der Waals surface area contributed by atoms with Gasteiger partial charge in [-0.1, -0.05) is 36.4 Å². The molecule has 0 aliphatic rings. The summed E-state index contributed by atoms with van der Waals surface area (Å²) in [6.07, 6.45) is 1.39. The number of ether oxygens (including phenoxy) is 2. The number of benzene rings is 2. The van der Waals surface area contributed by atoms with E-state index in [9.17, 15) is 13.2 Å². The van der Waals surface area contributed by atoms with Crippen molar-refractivity contribution < 1.29 is 22.7 Å². The Kier molecular flexibility index (Phi) is 6.98. The van der Waals surface area contributed by atoms with Gasteiger partial charge in [-0.15, -0.1) is 0 Å². The molecule has 0 aliphatic carbocycles. The molecule has 164 valence electrons. The molecule has 3 rings (SSSR count). The van der Waals surface area contributed by atoms with E-state index < -0.39 is 10.0 Å². The molecule has 0 spiro atoms. The number of carbonyl (C=O) groups is 1. The molecule has 1 aromatic heterocycles. The van der Waals surface area contributed by atoms with Crippen LogP contribution in [0.1, 0.15) is 21.6 Å². The Balaban J connectivity index is 1.66. The molecule has 0 saturated heterocycles. The first-order valence-corrected chi connectivity index (χ1v) is 11.0. The zero-order valence-corrected chi connectivity index (χ0v) is 18.4. The van der Waals surface area contributed by atoms with Gasteiger partial charge in [0.1, 0.15) is 17.2 Å². The molecule has 1 amide bonds. The molecule has 8 nitrogen and oxygen atoms in total. The third kappa shape index (κ3) is 5.44. The first kappa shape index (κ1) is 22.4. The van der Waals surface area contributed by atoms with Crippen molar-refractivity contribution in [2.45, 2.75) is 18.0 Å². The Bertz CT molecular complexity index is 1160. The van der Waals surface area contributed by atoms with Crippen LogP contribution in [0.5, 0.6) is 11.5 Å². The van der Waals surface area contributed by atoms with Crippen LogP contribution in [0.4, 0.5) is 0 Å². The fraction of sp³-hybridized carbons (Fsp3) is 0.227. The number of methoxy groups -OCH3 is 1. The van der Waals surface area contributed by atoms with Crippen LogP contribution in [0.25, 0.3) is 0 Å². The maximum atomic E-state index is 12.5. The molecule has 0 radical (unpaired) electrons. The van der Waals surface area contributed by atoms with E-state index in [1.54, 1.807) is 26.3 Å². The summed E-state index contributed by atoms with van der Waals surface area (Å²) in [5.74, 6) is 0.776. The summed E-state index contributed by atoms with van der Waals surface area (Å²) < 4.78 is 38.8. The van der Waals surface area contributed by atoms with Crippen LogP contribution in [0.3, 0.4) is 0 Å². The molecule has 0 aliphatic heterocycles. The lowest BCUT2D eigenvalue weighted by Gasteiger charge is -2.13. The molecule has 0 atom stereocenters. The van der Waals surface area contributed by atoms with E-state index in [-0.39, 0.29) is 23.0 Å². The molecule has 0 bridgehead atoms. The summed E-state index contributed by atoms with van der Waals surface area (Å²) >= 11 is 0. The zero-order valence-electron chi connectivity index (χ0n) is 17.6. The minimum absolute atomic E-state index is 0.0317. The molecule has 0 fully saturated rings. The van der Waals surface area contributed by atoms with Gasteiger partial charge in [0, 0.05) is 19.8 Å². The van der Waals surface area contributed by atoms with Crippen molar-refractivity contribution in [1.82, 2.24) is 14.6 Å². The van der Waals surface area contributed by atoms with Gasteiger partial charge < -0.3 is 19.4 Å². The molecular weight excluding hydrogens is 418 g/mol. The number of rotatable bonds is 9. The predicted octanol–water partition coefficient (Wildman–Crippen LogP) is 2.45. The highest BCUT2D eigenvalue weighted by molar-refractivity contribution is 7.89. The first-order valence-electron chi connectivity index (χ1n) is 9.56. The van der Waals surface area contributed by atoms with Gasteiger partial charge >= 0.3 is 0 Å². The highest BCUT2D eigenvalue weighted by Gasteiger charge is 2.19. The molecule has 3 aromatic rings. The molecule has 9 heteroatoms. The number of nitrogens with zero attached hydrogens (tertiary/aromatic N) is 1. The number of hydrogen-bond donors (Lipinski definition) is 2. The first-order chi connectivity index (χ1) is 14.8. The van der Waals surface area contributed by atoms with E-state index >= 15 is 0 Å². The average Bonchev–Trinajstić information content (AvgIpc) is 3.19. The number of amides is 1. The van der Waals surface area contributed by atoms with Gasteiger partial charge in [-0.25, -0.2) is 13.1 Å². The van der Waals surface area contributed by atoms with Gasteiger partial charge in [-0.2, -0.15) is 0 Å². The van der Waals surface area contributed by atoms with Crippen molar-refractivity contribution >= 4 is 15.9 Å². The Morgan fingerprint density at radius 1 is 1.03 bits per heavy atom. The summed E-state index contributed by atoms with van der Waals surface area (Å²) in [5, 5.41) is 2.80. The molecule has 0 saturated carbocycles. The monoisotopic (exact) mass is 443 g/mol. The topological polar surface area (TPSA) is 98.7 Å². The maximum absolute atomic E-state index is 12.5. The van der Waals surface area contributed by atoms with Gasteiger partial charge in [0.15, 0.2) is 11.5 Å². The second-order valence-electron chi connectivity index (χ2n) is 6.82. The van der Waals surface area contributed by atoms with Crippen LogP contribution >= 0.6 is 0 Å². The SMILES string of the molecule is CNS(=O)(=O)c1cc(C(=O)NCc2ccc(OCc3ccccc3)c(OC)c2)n(C)c1. The highest BCUT2D eigenvalue weighted by Crippen LogP contribution is 2.29. The largest absolute Gasteiger partial charge is 0.493 e. The van der Waals surface area contributed by atoms with Gasteiger partial charge in [-0.3, -0.25) is 4.79 Å². The van der Waals surface area contributed by atoms with Crippen LogP contribution in [0.15, 0.2) is 65.7 Å². The summed E-state index contributed by atoms with van der Waals surface area (Å²) in [5.41, 5.74) is 2.10. The quantitative estimate of drug-likeness (QED) is 0.529. The number of sulfonamides is 1. The maximum Gasteiger partial charge on any atom is 0.268 e. The summed E-state index contributed by atoms with van der Waals surface area (Å²) in [6.45, 7) is 0.659. The van der Waals surface area contributed by atoms with E-state index in [0.717, 1.165) is 11.1 Å². The number of carbonyl (C=O) groups excluding carboxylic acids is 1. The number of aromatic nitrogens is 1. The van der Waals surface area contributed by atoms with Gasteiger partial charge in [0.05, 0.1) is 7.11 Å². The standard InChI is InChI=1S/C22H25N3O5S/c1-23-31(27,28)18-12-19(25(2)14-18)22(26)24-13-17-9-10-20(21(11-17)29-3)30-15-16-7-5-4-6-8-16/h4-12,14,23H,13,15H2,1-3H3,(H,24,26). The zero-order chi connectivity index (χ0) is 22.4. The molecule has 1 heterocycles. The van der Waals surface area contributed by atoms with Gasteiger partial charge in [0.25, 0.3) is 5.91 Å². The normalized spacial score (nSPS) is 11.2. The fourth-order valence-electron chi connectivity index (χ4n) is 2.97.